The van der Waals surface area contributed by atoms with Crippen molar-refractivity contribution in [3.8, 4) is 5.75 Å². The van der Waals surface area contributed by atoms with E-state index in [1.54, 1.807) is 6.21 Å². The third-order valence-electron chi connectivity index (χ3n) is 3.77. The van der Waals surface area contributed by atoms with Crippen molar-refractivity contribution in [1.29, 1.82) is 0 Å². The van der Waals surface area contributed by atoms with Crippen molar-refractivity contribution < 1.29 is 9.53 Å². The topological polar surface area (TPSA) is 66.5 Å². The number of aryl methyl sites for hydroxylation is 2. The summed E-state index contributed by atoms with van der Waals surface area (Å²) in [6.45, 7) is 3.84. The number of nitrogens with one attached hydrogen (secondary N) is 2. The lowest BCUT2D eigenvalue weighted by Crippen LogP contribution is -2.25. The molecule has 5 nitrogen and oxygen atoms in total. The van der Waals surface area contributed by atoms with Crippen LogP contribution in [0.25, 0.3) is 10.9 Å². The van der Waals surface area contributed by atoms with Gasteiger partial charge in [-0.15, -0.1) is 0 Å². The minimum absolute atomic E-state index is 0.0725. The van der Waals surface area contributed by atoms with E-state index in [1.807, 2.05) is 62.5 Å². The maximum absolute atomic E-state index is 11.9. The maximum Gasteiger partial charge on any atom is 0.277 e. The van der Waals surface area contributed by atoms with Crippen molar-refractivity contribution in [3.63, 3.8) is 0 Å². The van der Waals surface area contributed by atoms with E-state index in [1.165, 1.54) is 0 Å². The first-order valence-corrected chi connectivity index (χ1v) is 7.72. The number of hydrazone groups is 1. The molecule has 0 fully saturated rings. The van der Waals surface area contributed by atoms with Gasteiger partial charge < -0.3 is 9.72 Å². The molecular weight excluding hydrogens is 302 g/mol. The first-order valence-electron chi connectivity index (χ1n) is 7.72. The van der Waals surface area contributed by atoms with E-state index in [0.29, 0.717) is 0 Å². The van der Waals surface area contributed by atoms with Crippen molar-refractivity contribution in [1.82, 2.24) is 10.4 Å². The summed E-state index contributed by atoms with van der Waals surface area (Å²) in [4.78, 5) is 15.0. The second kappa shape index (κ2) is 7.00. The predicted molar refractivity (Wildman–Crippen MR) is 95.4 cm³/mol. The fourth-order valence-electron chi connectivity index (χ4n) is 2.57. The third-order valence-corrected chi connectivity index (χ3v) is 3.77. The van der Waals surface area contributed by atoms with E-state index in [9.17, 15) is 4.79 Å². The van der Waals surface area contributed by atoms with Crippen LogP contribution < -0.4 is 10.2 Å². The summed E-state index contributed by atoms with van der Waals surface area (Å²) < 4.78 is 5.60. The molecular formula is C19H19N3O2. The first kappa shape index (κ1) is 15.8. The number of fused-ring (bicyclic) bond motifs is 1. The zero-order valence-electron chi connectivity index (χ0n) is 13.7. The highest BCUT2D eigenvalue weighted by Crippen LogP contribution is 2.22. The molecule has 0 spiro atoms. The SMILES string of the molecule is Cc1cccc(C)c1OCC(=O)N/N=C/c1c[nH]c2ccccc12. The number of nitrogens with zero attached hydrogens (tertiary/aromatic N) is 1. The fraction of sp³-hybridized carbons (Fsp3) is 0.158. The van der Waals surface area contributed by atoms with Gasteiger partial charge in [-0.3, -0.25) is 4.79 Å². The summed E-state index contributed by atoms with van der Waals surface area (Å²) in [6, 6.07) is 13.8. The highest BCUT2D eigenvalue weighted by molar-refractivity contribution is 5.99. The Kier molecular flexibility index (Phi) is 4.61. The van der Waals surface area contributed by atoms with Crippen LogP contribution in [0.2, 0.25) is 0 Å². The molecule has 2 aromatic carbocycles. The Balaban J connectivity index is 1.58. The molecule has 122 valence electrons. The van der Waals surface area contributed by atoms with E-state index in [4.69, 9.17) is 4.74 Å². The van der Waals surface area contributed by atoms with Crippen LogP contribution in [0.15, 0.2) is 53.8 Å². The Morgan fingerprint density at radius 1 is 1.17 bits per heavy atom. The van der Waals surface area contributed by atoms with Crippen LogP contribution in [0, 0.1) is 13.8 Å². The molecule has 24 heavy (non-hydrogen) atoms. The van der Waals surface area contributed by atoms with Gasteiger partial charge in [0.2, 0.25) is 0 Å². The number of carbonyl (C=O) groups excluding carboxylic acids is 1. The van der Waals surface area contributed by atoms with Gasteiger partial charge in [0, 0.05) is 22.7 Å². The zero-order valence-corrected chi connectivity index (χ0v) is 13.7. The minimum atomic E-state index is -0.297. The van der Waals surface area contributed by atoms with E-state index in [2.05, 4.69) is 15.5 Å². The third kappa shape index (κ3) is 3.46. The number of H-pyrrole nitrogens is 1. The number of aromatic amines is 1. The van der Waals surface area contributed by atoms with Gasteiger partial charge in [0.05, 0.1) is 6.21 Å². The van der Waals surface area contributed by atoms with Crippen molar-refractivity contribution in [2.24, 2.45) is 5.10 Å². The predicted octanol–water partition coefficient (Wildman–Crippen LogP) is 3.31. The van der Waals surface area contributed by atoms with Gasteiger partial charge >= 0.3 is 0 Å². The molecule has 2 N–H and O–H groups in total. The molecule has 0 atom stereocenters. The molecule has 0 saturated heterocycles. The number of hydrogen-bond donors (Lipinski definition) is 2. The molecule has 0 unspecified atom stereocenters. The Labute approximate surface area is 140 Å². The van der Waals surface area contributed by atoms with Crippen LogP contribution in [-0.4, -0.2) is 23.7 Å². The molecule has 5 heteroatoms. The number of para-hydroxylation sites is 2. The average molecular weight is 321 g/mol. The van der Waals surface area contributed by atoms with Crippen molar-refractivity contribution in [2.75, 3.05) is 6.61 Å². The lowest BCUT2D eigenvalue weighted by Gasteiger charge is -2.10. The number of benzene rings is 2. The van der Waals surface area contributed by atoms with Crippen LogP contribution >= 0.6 is 0 Å². The normalized spacial score (nSPS) is 11.1. The molecule has 0 radical (unpaired) electrons. The Morgan fingerprint density at radius 3 is 2.71 bits per heavy atom. The number of amides is 1. The number of ether oxygens (including phenoxy) is 1. The summed E-state index contributed by atoms with van der Waals surface area (Å²) in [5, 5.41) is 5.05. The minimum Gasteiger partial charge on any atom is -0.483 e. The largest absolute Gasteiger partial charge is 0.483 e. The average Bonchev–Trinajstić information content (AvgIpc) is 2.98. The molecule has 0 aliphatic heterocycles. The van der Waals surface area contributed by atoms with Gasteiger partial charge in [0.25, 0.3) is 5.91 Å². The molecule has 0 saturated carbocycles. The molecule has 3 rings (SSSR count). The summed E-state index contributed by atoms with van der Waals surface area (Å²) in [6.07, 6.45) is 3.48. The van der Waals surface area contributed by atoms with Crippen LogP contribution in [0.1, 0.15) is 16.7 Å². The molecule has 1 aromatic heterocycles. The summed E-state index contributed by atoms with van der Waals surface area (Å²) in [5.74, 6) is 0.446. The van der Waals surface area contributed by atoms with Gasteiger partial charge in [-0.1, -0.05) is 36.4 Å². The molecule has 1 amide bonds. The van der Waals surface area contributed by atoms with Gasteiger partial charge in [0.15, 0.2) is 6.61 Å². The van der Waals surface area contributed by atoms with Crippen LogP contribution in [0.5, 0.6) is 5.75 Å². The van der Waals surface area contributed by atoms with Crippen molar-refractivity contribution in [2.45, 2.75) is 13.8 Å². The summed E-state index contributed by atoms with van der Waals surface area (Å²) in [5.41, 5.74) is 6.45. The standard InChI is InChI=1S/C19H19N3O2/c1-13-6-5-7-14(2)19(13)24-12-18(23)22-21-11-15-10-20-17-9-4-3-8-16(15)17/h3-11,20H,12H2,1-2H3,(H,22,23)/b21-11+. The molecule has 3 aromatic rings. The lowest BCUT2D eigenvalue weighted by atomic mass is 10.1. The molecule has 0 bridgehead atoms. The van der Waals surface area contributed by atoms with Crippen LogP contribution in [0.3, 0.4) is 0 Å². The van der Waals surface area contributed by atoms with Gasteiger partial charge in [0.1, 0.15) is 5.75 Å². The van der Waals surface area contributed by atoms with Crippen LogP contribution in [-0.2, 0) is 4.79 Å². The van der Waals surface area contributed by atoms with Gasteiger partial charge in [-0.25, -0.2) is 5.43 Å². The van der Waals surface area contributed by atoms with Gasteiger partial charge in [-0.05, 0) is 31.0 Å². The van der Waals surface area contributed by atoms with Crippen molar-refractivity contribution in [3.05, 3.63) is 65.4 Å². The Hall–Kier alpha value is -3.08. The smallest absolute Gasteiger partial charge is 0.277 e. The summed E-state index contributed by atoms with van der Waals surface area (Å²) in [7, 11) is 0. The second-order valence-corrected chi connectivity index (χ2v) is 5.59. The van der Waals surface area contributed by atoms with Gasteiger partial charge in [-0.2, -0.15) is 5.10 Å². The molecule has 0 aliphatic rings. The monoisotopic (exact) mass is 321 g/mol. The maximum atomic E-state index is 11.9. The number of carbonyl (C=O) groups is 1. The number of hydrogen-bond acceptors (Lipinski definition) is 3. The highest BCUT2D eigenvalue weighted by atomic mass is 16.5. The van der Waals surface area contributed by atoms with E-state index >= 15 is 0 Å². The summed E-state index contributed by atoms with van der Waals surface area (Å²) >= 11 is 0. The van der Waals surface area contributed by atoms with E-state index < -0.39 is 0 Å². The zero-order chi connectivity index (χ0) is 16.9. The Bertz CT molecular complexity index is 876. The highest BCUT2D eigenvalue weighted by Gasteiger charge is 2.06. The van der Waals surface area contributed by atoms with Crippen LogP contribution in [0.4, 0.5) is 0 Å². The molecule has 0 aliphatic carbocycles. The second-order valence-electron chi connectivity index (χ2n) is 5.59. The molecule has 1 heterocycles. The fourth-order valence-corrected chi connectivity index (χ4v) is 2.57. The quantitative estimate of drug-likeness (QED) is 0.559. The number of rotatable bonds is 5. The van der Waals surface area contributed by atoms with E-state index in [0.717, 1.165) is 33.3 Å². The number of aromatic nitrogens is 1. The van der Waals surface area contributed by atoms with Crippen molar-refractivity contribution >= 4 is 23.0 Å². The first-order chi connectivity index (χ1) is 11.6. The van der Waals surface area contributed by atoms with E-state index in [-0.39, 0.29) is 12.5 Å². The lowest BCUT2D eigenvalue weighted by molar-refractivity contribution is -0.123. The Morgan fingerprint density at radius 2 is 1.92 bits per heavy atom.